The maximum atomic E-state index is 14.3. The van der Waals surface area contributed by atoms with Gasteiger partial charge in [-0.25, -0.2) is 13.2 Å². The monoisotopic (exact) mass is 431 g/mol. The van der Waals surface area contributed by atoms with Gasteiger partial charge < -0.3 is 20.1 Å². The van der Waals surface area contributed by atoms with Crippen molar-refractivity contribution in [1.82, 2.24) is 15.6 Å². The molecule has 1 aromatic heterocycles. The lowest BCUT2D eigenvalue weighted by Gasteiger charge is -2.14. The number of aromatic nitrogens is 1. The SMILES string of the molecule is COc1nc(OCc2cc(F)cc(F)c2)c(F)cc1CNC(=O)[C@@H]1CCCN1.Cl. The standard InChI is InChI=1S/C19H20F3N3O3.ClH/c1-27-18-12(9-24-17(26)16-3-2-4-23-16)7-15(22)19(25-18)28-10-11-5-13(20)8-14(21)6-11;/h5-8,16,23H,2-4,9-10H2,1H3,(H,24,26);1H/t16-;/m0./s1. The van der Waals surface area contributed by atoms with Crippen LogP contribution in [-0.4, -0.2) is 30.6 Å². The van der Waals surface area contributed by atoms with E-state index in [4.69, 9.17) is 9.47 Å². The first-order chi connectivity index (χ1) is 13.5. The number of methoxy groups -OCH3 is 1. The molecular weight excluding hydrogens is 411 g/mol. The zero-order valence-corrected chi connectivity index (χ0v) is 16.5. The molecule has 1 saturated heterocycles. The average molecular weight is 432 g/mol. The Labute approximate surface area is 172 Å². The molecule has 0 bridgehead atoms. The Morgan fingerprint density at radius 2 is 1.93 bits per heavy atom. The number of rotatable bonds is 7. The zero-order valence-electron chi connectivity index (χ0n) is 15.6. The number of pyridine rings is 1. The summed E-state index contributed by atoms with van der Waals surface area (Å²) in [6.07, 6.45) is 1.68. The summed E-state index contributed by atoms with van der Waals surface area (Å²) >= 11 is 0. The largest absolute Gasteiger partial charge is 0.481 e. The molecule has 1 atom stereocenters. The van der Waals surface area contributed by atoms with E-state index < -0.39 is 17.5 Å². The van der Waals surface area contributed by atoms with Crippen LogP contribution in [0.25, 0.3) is 0 Å². The summed E-state index contributed by atoms with van der Waals surface area (Å²) in [7, 11) is 1.36. The fraction of sp³-hybridized carbons (Fsp3) is 0.368. The maximum Gasteiger partial charge on any atom is 0.254 e. The first-order valence-corrected chi connectivity index (χ1v) is 8.78. The van der Waals surface area contributed by atoms with Crippen molar-refractivity contribution in [3.8, 4) is 11.8 Å². The number of hydrogen-bond acceptors (Lipinski definition) is 5. The van der Waals surface area contributed by atoms with Crippen molar-refractivity contribution in [3.05, 3.63) is 52.8 Å². The minimum Gasteiger partial charge on any atom is -0.481 e. The van der Waals surface area contributed by atoms with E-state index in [0.29, 0.717) is 5.56 Å². The van der Waals surface area contributed by atoms with E-state index in [2.05, 4.69) is 15.6 Å². The molecule has 6 nitrogen and oxygen atoms in total. The number of ether oxygens (including phenoxy) is 2. The lowest BCUT2D eigenvalue weighted by atomic mass is 10.2. The molecule has 0 saturated carbocycles. The molecule has 2 aromatic rings. The van der Waals surface area contributed by atoms with E-state index in [1.54, 1.807) is 0 Å². The second-order valence-electron chi connectivity index (χ2n) is 6.38. The van der Waals surface area contributed by atoms with Crippen LogP contribution in [0.1, 0.15) is 24.0 Å². The lowest BCUT2D eigenvalue weighted by Crippen LogP contribution is -2.40. The Bertz CT molecular complexity index is 844. The van der Waals surface area contributed by atoms with E-state index in [1.165, 1.54) is 7.11 Å². The van der Waals surface area contributed by atoms with Crippen LogP contribution in [0.4, 0.5) is 13.2 Å². The van der Waals surface area contributed by atoms with Crippen molar-refractivity contribution >= 4 is 18.3 Å². The number of carbonyl (C=O) groups is 1. The van der Waals surface area contributed by atoms with Gasteiger partial charge in [-0.15, -0.1) is 12.4 Å². The third-order valence-electron chi connectivity index (χ3n) is 4.30. The highest BCUT2D eigenvalue weighted by atomic mass is 35.5. The second kappa shape index (κ2) is 10.3. The van der Waals surface area contributed by atoms with Gasteiger partial charge in [0.15, 0.2) is 5.82 Å². The number of nitrogens with zero attached hydrogens (tertiary/aromatic N) is 1. The molecule has 2 heterocycles. The molecule has 3 rings (SSSR count). The van der Waals surface area contributed by atoms with Crippen LogP contribution in [0.5, 0.6) is 11.8 Å². The van der Waals surface area contributed by atoms with E-state index in [-0.39, 0.29) is 54.8 Å². The maximum absolute atomic E-state index is 14.3. The van der Waals surface area contributed by atoms with Crippen LogP contribution < -0.4 is 20.1 Å². The summed E-state index contributed by atoms with van der Waals surface area (Å²) in [5.41, 5.74) is 0.536. The van der Waals surface area contributed by atoms with Crippen molar-refractivity contribution in [2.45, 2.75) is 32.0 Å². The van der Waals surface area contributed by atoms with Gasteiger partial charge in [0.25, 0.3) is 5.88 Å². The highest BCUT2D eigenvalue weighted by Crippen LogP contribution is 2.24. The first kappa shape index (κ1) is 22.8. The molecule has 1 aliphatic heterocycles. The number of hydrogen-bond donors (Lipinski definition) is 2. The molecule has 0 unspecified atom stereocenters. The van der Waals surface area contributed by atoms with Crippen molar-refractivity contribution in [3.63, 3.8) is 0 Å². The Hall–Kier alpha value is -2.52. The highest BCUT2D eigenvalue weighted by molar-refractivity contribution is 5.85. The van der Waals surface area contributed by atoms with Gasteiger partial charge in [0.1, 0.15) is 18.2 Å². The van der Waals surface area contributed by atoms with E-state index in [1.807, 2.05) is 0 Å². The Morgan fingerprint density at radius 3 is 2.55 bits per heavy atom. The highest BCUT2D eigenvalue weighted by Gasteiger charge is 2.22. The molecule has 0 radical (unpaired) electrons. The van der Waals surface area contributed by atoms with Crippen LogP contribution in [0.2, 0.25) is 0 Å². The van der Waals surface area contributed by atoms with Gasteiger partial charge in [-0.3, -0.25) is 4.79 Å². The summed E-state index contributed by atoms with van der Waals surface area (Å²) in [4.78, 5) is 16.0. The third kappa shape index (κ3) is 5.98. The van der Waals surface area contributed by atoms with Crippen molar-refractivity contribution in [2.24, 2.45) is 0 Å². The van der Waals surface area contributed by atoms with Crippen LogP contribution in [-0.2, 0) is 17.9 Å². The fourth-order valence-electron chi connectivity index (χ4n) is 2.96. The molecule has 0 aliphatic carbocycles. The van der Waals surface area contributed by atoms with E-state index in [0.717, 1.165) is 43.7 Å². The Kier molecular flexibility index (Phi) is 8.10. The molecule has 2 N–H and O–H groups in total. The summed E-state index contributed by atoms with van der Waals surface area (Å²) in [5, 5.41) is 5.80. The van der Waals surface area contributed by atoms with Crippen LogP contribution >= 0.6 is 12.4 Å². The van der Waals surface area contributed by atoms with Gasteiger partial charge in [-0.1, -0.05) is 0 Å². The zero-order chi connectivity index (χ0) is 20.1. The number of benzene rings is 1. The smallest absolute Gasteiger partial charge is 0.254 e. The Morgan fingerprint density at radius 1 is 1.21 bits per heavy atom. The molecule has 1 fully saturated rings. The van der Waals surface area contributed by atoms with E-state index >= 15 is 0 Å². The van der Waals surface area contributed by atoms with E-state index in [9.17, 15) is 18.0 Å². The predicted octanol–water partition coefficient (Wildman–Crippen LogP) is 2.88. The van der Waals surface area contributed by atoms with Crippen LogP contribution in [0.3, 0.4) is 0 Å². The van der Waals surface area contributed by atoms with Crippen molar-refractivity contribution in [1.29, 1.82) is 0 Å². The van der Waals surface area contributed by atoms with Crippen LogP contribution in [0, 0.1) is 17.5 Å². The van der Waals surface area contributed by atoms with Gasteiger partial charge in [0.2, 0.25) is 11.8 Å². The summed E-state index contributed by atoms with van der Waals surface area (Å²) in [6, 6.07) is 3.79. The van der Waals surface area contributed by atoms with Gasteiger partial charge in [0.05, 0.1) is 13.2 Å². The molecule has 158 valence electrons. The predicted molar refractivity (Wildman–Crippen MR) is 102 cm³/mol. The molecule has 1 amide bonds. The minimum absolute atomic E-state index is 0. The summed E-state index contributed by atoms with van der Waals surface area (Å²) in [5.74, 6) is -2.75. The number of carbonyl (C=O) groups excluding carboxylic acids is 1. The van der Waals surface area contributed by atoms with Crippen molar-refractivity contribution in [2.75, 3.05) is 13.7 Å². The normalized spacial score (nSPS) is 15.5. The molecule has 10 heteroatoms. The van der Waals surface area contributed by atoms with Crippen molar-refractivity contribution < 1.29 is 27.4 Å². The molecule has 1 aliphatic rings. The third-order valence-corrected chi connectivity index (χ3v) is 4.30. The average Bonchev–Trinajstić information content (AvgIpc) is 3.19. The van der Waals surface area contributed by atoms with Gasteiger partial charge in [0, 0.05) is 18.2 Å². The first-order valence-electron chi connectivity index (χ1n) is 8.78. The topological polar surface area (TPSA) is 72.5 Å². The Balaban J connectivity index is 0.00000300. The minimum atomic E-state index is -0.777. The number of nitrogens with one attached hydrogen (secondary N) is 2. The lowest BCUT2D eigenvalue weighted by molar-refractivity contribution is -0.122. The molecule has 29 heavy (non-hydrogen) atoms. The molecule has 0 spiro atoms. The van der Waals surface area contributed by atoms with Gasteiger partial charge in [-0.2, -0.15) is 4.98 Å². The number of halogens is 4. The van der Waals surface area contributed by atoms with Gasteiger partial charge >= 0.3 is 0 Å². The quantitative estimate of drug-likeness (QED) is 0.705. The molecule has 1 aromatic carbocycles. The summed E-state index contributed by atoms with van der Waals surface area (Å²) in [6.45, 7) is 0.559. The van der Waals surface area contributed by atoms with Crippen LogP contribution in [0.15, 0.2) is 24.3 Å². The second-order valence-corrected chi connectivity index (χ2v) is 6.38. The fourth-order valence-corrected chi connectivity index (χ4v) is 2.96. The summed E-state index contributed by atoms with van der Waals surface area (Å²) < 4.78 is 51.2. The molecular formula is C19H21ClF3N3O3. The van der Waals surface area contributed by atoms with Gasteiger partial charge in [-0.05, 0) is 43.1 Å². The number of amides is 1.